The minimum absolute atomic E-state index is 0.0801. The summed E-state index contributed by atoms with van der Waals surface area (Å²) in [4.78, 5) is 27.9. The predicted molar refractivity (Wildman–Crippen MR) is 102 cm³/mol. The zero-order chi connectivity index (χ0) is 19.1. The SMILES string of the molecule is CC(C)N(C)CCc1c[nH]c2ccc(OC(=O)CCCCC(=O)O)cc12. The van der Waals surface area contributed by atoms with Crippen LogP contribution in [0, 0.1) is 0 Å². The molecule has 0 aliphatic heterocycles. The lowest BCUT2D eigenvalue weighted by Crippen LogP contribution is -2.28. The first-order valence-electron chi connectivity index (χ1n) is 9.09. The molecule has 2 N–H and O–H groups in total. The van der Waals surface area contributed by atoms with Crippen LogP contribution in [0.25, 0.3) is 10.9 Å². The number of ether oxygens (including phenoxy) is 1. The molecule has 1 aromatic heterocycles. The van der Waals surface area contributed by atoms with E-state index in [1.807, 2.05) is 18.3 Å². The van der Waals surface area contributed by atoms with Crippen molar-refractivity contribution >= 4 is 22.8 Å². The Hall–Kier alpha value is -2.34. The van der Waals surface area contributed by atoms with E-state index in [0.29, 0.717) is 24.6 Å². The molecule has 0 atom stereocenters. The Morgan fingerprint density at radius 1 is 1.23 bits per heavy atom. The summed E-state index contributed by atoms with van der Waals surface area (Å²) in [7, 11) is 2.11. The molecule has 1 heterocycles. The number of likely N-dealkylation sites (N-methyl/N-ethyl adjacent to an activating group) is 1. The first-order chi connectivity index (χ1) is 12.4. The summed E-state index contributed by atoms with van der Waals surface area (Å²) in [5.74, 6) is -0.642. The number of aromatic nitrogens is 1. The van der Waals surface area contributed by atoms with Crippen molar-refractivity contribution in [3.8, 4) is 5.75 Å². The molecule has 0 fully saturated rings. The molecule has 2 aromatic rings. The average molecular weight is 360 g/mol. The van der Waals surface area contributed by atoms with Gasteiger partial charge in [0.25, 0.3) is 0 Å². The fourth-order valence-corrected chi connectivity index (χ4v) is 2.71. The van der Waals surface area contributed by atoms with Crippen LogP contribution in [-0.4, -0.2) is 46.6 Å². The van der Waals surface area contributed by atoms with Crippen molar-refractivity contribution in [3.63, 3.8) is 0 Å². The number of hydrogen-bond acceptors (Lipinski definition) is 4. The molecule has 0 aliphatic rings. The van der Waals surface area contributed by atoms with E-state index in [9.17, 15) is 9.59 Å². The van der Waals surface area contributed by atoms with Crippen LogP contribution >= 0.6 is 0 Å². The maximum Gasteiger partial charge on any atom is 0.311 e. The van der Waals surface area contributed by atoms with Crippen LogP contribution in [0.2, 0.25) is 0 Å². The highest BCUT2D eigenvalue weighted by molar-refractivity contribution is 5.85. The monoisotopic (exact) mass is 360 g/mol. The van der Waals surface area contributed by atoms with E-state index in [1.165, 1.54) is 5.56 Å². The number of carbonyl (C=O) groups excluding carboxylic acids is 1. The standard InChI is InChI=1S/C20H28N2O4/c1-14(2)22(3)11-10-15-13-21-18-9-8-16(12-17(15)18)26-20(25)7-5-4-6-19(23)24/h8-9,12-14,21H,4-7,10-11H2,1-3H3,(H,23,24). The van der Waals surface area contributed by atoms with Gasteiger partial charge in [0.1, 0.15) is 5.75 Å². The number of esters is 1. The van der Waals surface area contributed by atoms with Crippen molar-refractivity contribution in [1.82, 2.24) is 9.88 Å². The van der Waals surface area contributed by atoms with Gasteiger partial charge in [-0.1, -0.05) is 0 Å². The maximum absolute atomic E-state index is 11.9. The van der Waals surface area contributed by atoms with Crippen molar-refractivity contribution in [2.75, 3.05) is 13.6 Å². The Morgan fingerprint density at radius 3 is 2.65 bits per heavy atom. The summed E-state index contributed by atoms with van der Waals surface area (Å²) < 4.78 is 5.41. The largest absolute Gasteiger partial charge is 0.481 e. The van der Waals surface area contributed by atoms with Crippen LogP contribution in [0.1, 0.15) is 45.1 Å². The van der Waals surface area contributed by atoms with E-state index < -0.39 is 5.97 Å². The number of unbranched alkanes of at least 4 members (excludes halogenated alkanes) is 1. The van der Waals surface area contributed by atoms with E-state index in [-0.39, 0.29) is 18.8 Å². The number of nitrogens with one attached hydrogen (secondary N) is 1. The molecule has 142 valence electrons. The van der Waals surface area contributed by atoms with Crippen molar-refractivity contribution in [3.05, 3.63) is 30.0 Å². The summed E-state index contributed by atoms with van der Waals surface area (Å²) in [6.45, 7) is 5.30. The predicted octanol–water partition coefficient (Wildman–Crippen LogP) is 3.60. The van der Waals surface area contributed by atoms with E-state index in [1.54, 1.807) is 6.07 Å². The van der Waals surface area contributed by atoms with E-state index in [4.69, 9.17) is 9.84 Å². The highest BCUT2D eigenvalue weighted by atomic mass is 16.5. The third-order valence-electron chi connectivity index (χ3n) is 4.61. The van der Waals surface area contributed by atoms with Gasteiger partial charge in [0.15, 0.2) is 0 Å². The Labute approximate surface area is 154 Å². The summed E-state index contributed by atoms with van der Waals surface area (Å²) in [5, 5.41) is 9.67. The van der Waals surface area contributed by atoms with E-state index in [0.717, 1.165) is 23.9 Å². The minimum atomic E-state index is -0.841. The molecule has 0 saturated carbocycles. The second kappa shape index (κ2) is 9.38. The quantitative estimate of drug-likeness (QED) is 0.384. The normalized spacial score (nSPS) is 11.4. The van der Waals surface area contributed by atoms with Gasteiger partial charge < -0.3 is 19.7 Å². The number of H-pyrrole nitrogens is 1. The van der Waals surface area contributed by atoms with Gasteiger partial charge in [0.05, 0.1) is 0 Å². The third-order valence-corrected chi connectivity index (χ3v) is 4.61. The lowest BCUT2D eigenvalue weighted by Gasteiger charge is -2.20. The number of benzene rings is 1. The minimum Gasteiger partial charge on any atom is -0.481 e. The summed E-state index contributed by atoms with van der Waals surface area (Å²) >= 11 is 0. The second-order valence-electron chi connectivity index (χ2n) is 6.92. The summed E-state index contributed by atoms with van der Waals surface area (Å²) in [6.07, 6.45) is 4.23. The first-order valence-corrected chi connectivity index (χ1v) is 9.09. The number of fused-ring (bicyclic) bond motifs is 1. The van der Waals surface area contributed by atoms with Crippen LogP contribution in [0.5, 0.6) is 5.75 Å². The van der Waals surface area contributed by atoms with Crippen molar-refractivity contribution in [2.24, 2.45) is 0 Å². The van der Waals surface area contributed by atoms with Gasteiger partial charge in [-0.05, 0) is 63.9 Å². The lowest BCUT2D eigenvalue weighted by atomic mass is 10.1. The molecule has 0 unspecified atom stereocenters. The Balaban J connectivity index is 1.95. The fraction of sp³-hybridized carbons (Fsp3) is 0.500. The van der Waals surface area contributed by atoms with Gasteiger partial charge in [-0.3, -0.25) is 9.59 Å². The number of carbonyl (C=O) groups is 2. The molecule has 6 nitrogen and oxygen atoms in total. The maximum atomic E-state index is 11.9. The Kier molecular flexibility index (Phi) is 7.21. The second-order valence-corrected chi connectivity index (χ2v) is 6.92. The molecule has 2 rings (SSSR count). The van der Waals surface area contributed by atoms with Crippen LogP contribution in [0.3, 0.4) is 0 Å². The molecule has 0 spiro atoms. The zero-order valence-electron chi connectivity index (χ0n) is 15.7. The van der Waals surface area contributed by atoms with Gasteiger partial charge in [0.2, 0.25) is 0 Å². The van der Waals surface area contributed by atoms with Gasteiger partial charge in [-0.2, -0.15) is 0 Å². The van der Waals surface area contributed by atoms with Crippen LogP contribution in [0.4, 0.5) is 0 Å². The molecule has 26 heavy (non-hydrogen) atoms. The van der Waals surface area contributed by atoms with Gasteiger partial charge in [-0.15, -0.1) is 0 Å². The highest BCUT2D eigenvalue weighted by Gasteiger charge is 2.10. The smallest absolute Gasteiger partial charge is 0.311 e. The molecule has 6 heteroatoms. The molecular weight excluding hydrogens is 332 g/mol. The van der Waals surface area contributed by atoms with Crippen molar-refractivity contribution in [1.29, 1.82) is 0 Å². The number of nitrogens with zero attached hydrogens (tertiary/aromatic N) is 1. The van der Waals surface area contributed by atoms with Crippen LogP contribution in [-0.2, 0) is 16.0 Å². The lowest BCUT2D eigenvalue weighted by molar-refractivity contribution is -0.138. The van der Waals surface area contributed by atoms with Crippen LogP contribution < -0.4 is 4.74 Å². The number of hydrogen-bond donors (Lipinski definition) is 2. The average Bonchev–Trinajstić information content (AvgIpc) is 2.98. The number of carboxylic acids is 1. The number of aliphatic carboxylic acids is 1. The van der Waals surface area contributed by atoms with Crippen LogP contribution in [0.15, 0.2) is 24.4 Å². The first kappa shape index (κ1) is 20.0. The highest BCUT2D eigenvalue weighted by Crippen LogP contribution is 2.25. The Bertz CT molecular complexity index is 751. The van der Waals surface area contributed by atoms with Gasteiger partial charge >= 0.3 is 11.9 Å². The van der Waals surface area contributed by atoms with E-state index >= 15 is 0 Å². The molecule has 0 bridgehead atoms. The van der Waals surface area contributed by atoms with Crippen molar-refractivity contribution in [2.45, 2.75) is 52.0 Å². The molecule has 0 radical (unpaired) electrons. The van der Waals surface area contributed by atoms with Crippen molar-refractivity contribution < 1.29 is 19.4 Å². The topological polar surface area (TPSA) is 82.6 Å². The Morgan fingerprint density at radius 2 is 1.96 bits per heavy atom. The van der Waals surface area contributed by atoms with Gasteiger partial charge in [0, 0.05) is 42.5 Å². The number of rotatable bonds is 10. The molecule has 0 aliphatic carbocycles. The van der Waals surface area contributed by atoms with E-state index in [2.05, 4.69) is 30.8 Å². The third kappa shape index (κ3) is 5.88. The zero-order valence-corrected chi connectivity index (χ0v) is 15.7. The summed E-state index contributed by atoms with van der Waals surface area (Å²) in [6, 6.07) is 6.08. The number of aromatic amines is 1. The fourth-order valence-electron chi connectivity index (χ4n) is 2.71. The molecule has 1 aromatic carbocycles. The molecule has 0 saturated heterocycles. The molecule has 0 amide bonds. The molecular formula is C20H28N2O4. The number of carboxylic acid groups (broad SMARTS) is 1. The van der Waals surface area contributed by atoms with Gasteiger partial charge in [-0.25, -0.2) is 0 Å². The summed E-state index contributed by atoms with van der Waals surface area (Å²) in [5.41, 5.74) is 2.22.